The summed E-state index contributed by atoms with van der Waals surface area (Å²) in [5.74, 6) is -0.338. The molecule has 0 radical (unpaired) electrons. The van der Waals surface area contributed by atoms with Gasteiger partial charge in [-0.2, -0.15) is 18.3 Å². The molecule has 0 spiro atoms. The Hall–Kier alpha value is -2.38. The minimum Gasteiger partial charge on any atom is -0.382 e. The highest BCUT2D eigenvalue weighted by atomic mass is 19.4. The highest BCUT2D eigenvalue weighted by Crippen LogP contribution is 2.29. The van der Waals surface area contributed by atoms with E-state index in [0.717, 1.165) is 10.9 Å². The lowest BCUT2D eigenvalue weighted by molar-refractivity contribution is -0.137. The van der Waals surface area contributed by atoms with Crippen molar-refractivity contribution in [3.8, 4) is 5.69 Å². The molecule has 0 bridgehead atoms. The highest BCUT2D eigenvalue weighted by molar-refractivity contribution is 5.96. The summed E-state index contributed by atoms with van der Waals surface area (Å²) in [4.78, 5) is 3.83. The number of nitrogens with two attached hydrogens (primary N) is 1. The van der Waals surface area contributed by atoms with E-state index >= 15 is 0 Å². The molecule has 0 aliphatic rings. The largest absolute Gasteiger partial charge is 0.419 e. The fraction of sp³-hybridized carbons (Fsp3) is 0.100. The molecule has 0 saturated heterocycles. The van der Waals surface area contributed by atoms with Crippen LogP contribution in [0.2, 0.25) is 0 Å². The lowest BCUT2D eigenvalue weighted by Gasteiger charge is -2.06. The molecule has 3 N–H and O–H groups in total. The molecular formula is C10H8F3N5. The Labute approximate surface area is 99.6 Å². The Morgan fingerprint density at radius 2 is 2.11 bits per heavy atom. The van der Waals surface area contributed by atoms with Gasteiger partial charge in [-0.05, 0) is 12.1 Å². The minimum atomic E-state index is -4.46. The average Bonchev–Trinajstić information content (AvgIpc) is 2.77. The third-order valence-corrected chi connectivity index (χ3v) is 2.20. The molecule has 0 saturated carbocycles. The zero-order chi connectivity index (χ0) is 13.3. The fourth-order valence-corrected chi connectivity index (χ4v) is 1.39. The summed E-state index contributed by atoms with van der Waals surface area (Å²) in [6.07, 6.45) is -1.54. The van der Waals surface area contributed by atoms with Crippen molar-refractivity contribution in [3.63, 3.8) is 0 Å². The maximum atomic E-state index is 12.4. The summed E-state index contributed by atoms with van der Waals surface area (Å²) in [5, 5.41) is 10.9. The summed E-state index contributed by atoms with van der Waals surface area (Å²) in [7, 11) is 0. The number of rotatable bonds is 2. The molecule has 2 heterocycles. The predicted molar refractivity (Wildman–Crippen MR) is 57.4 cm³/mol. The zero-order valence-corrected chi connectivity index (χ0v) is 8.94. The molecule has 0 atom stereocenters. The van der Waals surface area contributed by atoms with Crippen molar-refractivity contribution in [1.82, 2.24) is 14.8 Å². The summed E-state index contributed by atoms with van der Waals surface area (Å²) in [6, 6.07) is 3.01. The number of pyridine rings is 1. The van der Waals surface area contributed by atoms with Gasteiger partial charge in [0, 0.05) is 12.4 Å². The SMILES string of the molecule is N=C(N)c1ncccc1-n1cc(C(F)(F)F)cn1. The van der Waals surface area contributed by atoms with Gasteiger partial charge in [0.05, 0.1) is 17.4 Å². The van der Waals surface area contributed by atoms with Gasteiger partial charge in [0.2, 0.25) is 0 Å². The van der Waals surface area contributed by atoms with Crippen LogP contribution < -0.4 is 5.73 Å². The van der Waals surface area contributed by atoms with Crippen LogP contribution in [0.3, 0.4) is 0 Å². The van der Waals surface area contributed by atoms with Gasteiger partial charge in [0.25, 0.3) is 0 Å². The van der Waals surface area contributed by atoms with Gasteiger partial charge in [0.1, 0.15) is 11.5 Å². The molecule has 0 aliphatic heterocycles. The van der Waals surface area contributed by atoms with E-state index in [2.05, 4.69) is 10.1 Å². The van der Waals surface area contributed by atoms with Gasteiger partial charge in [-0.1, -0.05) is 0 Å². The molecule has 8 heteroatoms. The molecule has 2 aromatic heterocycles. The van der Waals surface area contributed by atoms with Crippen LogP contribution in [0.15, 0.2) is 30.7 Å². The molecule has 0 unspecified atom stereocenters. The van der Waals surface area contributed by atoms with Gasteiger partial charge in [-0.3, -0.25) is 10.4 Å². The number of nitrogens with zero attached hydrogens (tertiary/aromatic N) is 3. The maximum absolute atomic E-state index is 12.4. The van der Waals surface area contributed by atoms with E-state index in [9.17, 15) is 13.2 Å². The summed E-state index contributed by atoms with van der Waals surface area (Å²) in [5.41, 5.74) is 4.73. The van der Waals surface area contributed by atoms with Crippen LogP contribution in [0.1, 0.15) is 11.3 Å². The first-order valence-corrected chi connectivity index (χ1v) is 4.81. The second-order valence-electron chi connectivity index (χ2n) is 3.46. The van der Waals surface area contributed by atoms with Crippen LogP contribution in [0.25, 0.3) is 5.69 Å². The van der Waals surface area contributed by atoms with E-state index in [1.54, 1.807) is 0 Å². The molecule has 18 heavy (non-hydrogen) atoms. The molecule has 94 valence electrons. The molecule has 0 fully saturated rings. The predicted octanol–water partition coefficient (Wildman–Crippen LogP) is 1.57. The Morgan fingerprint density at radius 3 is 2.67 bits per heavy atom. The number of alkyl halides is 3. The standard InChI is InChI=1S/C10H8F3N5/c11-10(12,13)6-4-17-18(5-6)7-2-1-3-16-8(7)9(14)15/h1-5H,(H3,14,15). The van der Waals surface area contributed by atoms with Crippen LogP contribution in [-0.2, 0) is 6.18 Å². The highest BCUT2D eigenvalue weighted by Gasteiger charge is 2.32. The van der Waals surface area contributed by atoms with E-state index in [-0.39, 0.29) is 17.2 Å². The molecule has 2 rings (SSSR count). The summed E-state index contributed by atoms with van der Waals surface area (Å²) < 4.78 is 38.3. The number of nitrogens with one attached hydrogen (secondary N) is 1. The molecule has 0 amide bonds. The monoisotopic (exact) mass is 255 g/mol. The van der Waals surface area contributed by atoms with Crippen LogP contribution in [0.4, 0.5) is 13.2 Å². The lowest BCUT2D eigenvalue weighted by Crippen LogP contribution is -2.16. The van der Waals surface area contributed by atoms with Crippen molar-refractivity contribution in [2.75, 3.05) is 0 Å². The van der Waals surface area contributed by atoms with Crippen LogP contribution in [0.5, 0.6) is 0 Å². The normalized spacial score (nSPS) is 11.5. The van der Waals surface area contributed by atoms with E-state index in [0.29, 0.717) is 6.20 Å². The number of amidine groups is 1. The van der Waals surface area contributed by atoms with E-state index in [1.165, 1.54) is 18.3 Å². The van der Waals surface area contributed by atoms with Gasteiger partial charge in [-0.25, -0.2) is 4.68 Å². The quantitative estimate of drug-likeness (QED) is 0.631. The zero-order valence-electron chi connectivity index (χ0n) is 8.94. The summed E-state index contributed by atoms with van der Waals surface area (Å²) in [6.45, 7) is 0. The van der Waals surface area contributed by atoms with E-state index in [4.69, 9.17) is 11.1 Å². The van der Waals surface area contributed by atoms with E-state index < -0.39 is 11.7 Å². The molecular weight excluding hydrogens is 247 g/mol. The lowest BCUT2D eigenvalue weighted by atomic mass is 10.3. The van der Waals surface area contributed by atoms with Crippen LogP contribution >= 0.6 is 0 Å². The average molecular weight is 255 g/mol. The molecule has 2 aromatic rings. The Balaban J connectivity index is 2.50. The first-order valence-electron chi connectivity index (χ1n) is 4.81. The number of hydrogen-bond acceptors (Lipinski definition) is 3. The number of halogens is 3. The first-order chi connectivity index (χ1) is 8.39. The smallest absolute Gasteiger partial charge is 0.382 e. The third kappa shape index (κ3) is 2.17. The Kier molecular flexibility index (Phi) is 2.77. The number of nitrogen functional groups attached to an aromatic ring is 1. The molecule has 0 aliphatic carbocycles. The summed E-state index contributed by atoms with van der Waals surface area (Å²) >= 11 is 0. The van der Waals surface area contributed by atoms with Gasteiger partial charge >= 0.3 is 6.18 Å². The Bertz CT molecular complexity index is 587. The minimum absolute atomic E-state index is 0.0781. The van der Waals surface area contributed by atoms with Crippen molar-refractivity contribution >= 4 is 5.84 Å². The first kappa shape index (κ1) is 12.1. The number of hydrogen-bond donors (Lipinski definition) is 2. The molecule has 5 nitrogen and oxygen atoms in total. The maximum Gasteiger partial charge on any atom is 0.419 e. The van der Waals surface area contributed by atoms with Gasteiger partial charge < -0.3 is 5.73 Å². The topological polar surface area (TPSA) is 80.6 Å². The second kappa shape index (κ2) is 4.13. The van der Waals surface area contributed by atoms with E-state index in [1.807, 2.05) is 0 Å². The second-order valence-corrected chi connectivity index (χ2v) is 3.46. The van der Waals surface area contributed by atoms with Crippen molar-refractivity contribution in [1.29, 1.82) is 5.41 Å². The van der Waals surface area contributed by atoms with Crippen molar-refractivity contribution in [3.05, 3.63) is 42.0 Å². The van der Waals surface area contributed by atoms with Crippen LogP contribution in [0, 0.1) is 5.41 Å². The van der Waals surface area contributed by atoms with Crippen LogP contribution in [-0.4, -0.2) is 20.6 Å². The van der Waals surface area contributed by atoms with Crippen molar-refractivity contribution < 1.29 is 13.2 Å². The fourth-order valence-electron chi connectivity index (χ4n) is 1.39. The van der Waals surface area contributed by atoms with Crippen molar-refractivity contribution in [2.45, 2.75) is 6.18 Å². The molecule has 0 aromatic carbocycles. The Morgan fingerprint density at radius 1 is 1.39 bits per heavy atom. The van der Waals surface area contributed by atoms with Gasteiger partial charge in [0.15, 0.2) is 0 Å². The van der Waals surface area contributed by atoms with Crippen molar-refractivity contribution in [2.24, 2.45) is 5.73 Å². The number of aromatic nitrogens is 3. The van der Waals surface area contributed by atoms with Gasteiger partial charge in [-0.15, -0.1) is 0 Å². The third-order valence-electron chi connectivity index (χ3n) is 2.20.